The number of nitrogens with zero attached hydrogens (tertiary/aromatic N) is 1. The summed E-state index contributed by atoms with van der Waals surface area (Å²) in [5, 5.41) is 0.458. The van der Waals surface area contributed by atoms with Crippen LogP contribution in [0.5, 0.6) is 5.75 Å². The first-order valence-corrected chi connectivity index (χ1v) is 11.3. The van der Waals surface area contributed by atoms with Gasteiger partial charge in [0.05, 0.1) is 23.1 Å². The van der Waals surface area contributed by atoms with Gasteiger partial charge in [-0.3, -0.25) is 14.4 Å². The fraction of sp³-hybridized carbons (Fsp3) is 0.346. The van der Waals surface area contributed by atoms with Gasteiger partial charge in [-0.05, 0) is 67.6 Å². The van der Waals surface area contributed by atoms with Crippen LogP contribution in [0, 0.1) is 13.8 Å². The lowest BCUT2D eigenvalue weighted by molar-refractivity contribution is -0.119. The molecule has 0 bridgehead atoms. The van der Waals surface area contributed by atoms with E-state index >= 15 is 0 Å². The van der Waals surface area contributed by atoms with E-state index < -0.39 is 11.9 Å². The number of fused-ring (bicyclic) bond motifs is 2. The molecule has 0 saturated carbocycles. The first kappa shape index (κ1) is 22.2. The summed E-state index contributed by atoms with van der Waals surface area (Å²) in [7, 11) is 0. The maximum atomic E-state index is 13.7. The molecule has 0 radical (unpaired) electrons. The summed E-state index contributed by atoms with van der Waals surface area (Å²) in [5.41, 5.74) is 8.40. The first-order chi connectivity index (χ1) is 16.3. The van der Waals surface area contributed by atoms with Crippen LogP contribution < -0.4 is 15.9 Å². The number of benzene rings is 2. The molecule has 2 atom stereocenters. The van der Waals surface area contributed by atoms with Gasteiger partial charge < -0.3 is 24.5 Å². The summed E-state index contributed by atoms with van der Waals surface area (Å²) in [6.07, 6.45) is 1.71. The number of hydrogen-bond donors (Lipinski definition) is 1. The van der Waals surface area contributed by atoms with Crippen molar-refractivity contribution in [2.24, 2.45) is 5.73 Å². The molecule has 2 aliphatic heterocycles. The minimum absolute atomic E-state index is 0.0813. The molecular weight excluding hydrogens is 436 g/mol. The Morgan fingerprint density at radius 3 is 2.56 bits per heavy atom. The van der Waals surface area contributed by atoms with E-state index in [0.717, 1.165) is 29.5 Å². The highest BCUT2D eigenvalue weighted by Gasteiger charge is 2.44. The van der Waals surface area contributed by atoms with E-state index in [1.165, 1.54) is 0 Å². The Hall–Kier alpha value is -3.65. The van der Waals surface area contributed by atoms with Gasteiger partial charge in [0.15, 0.2) is 12.0 Å². The summed E-state index contributed by atoms with van der Waals surface area (Å²) in [4.78, 5) is 39.9. The van der Waals surface area contributed by atoms with Gasteiger partial charge in [-0.25, -0.2) is 0 Å². The van der Waals surface area contributed by atoms with Crippen molar-refractivity contribution in [2.75, 3.05) is 19.8 Å². The minimum Gasteiger partial charge on any atom is -0.484 e. The highest BCUT2D eigenvalue weighted by atomic mass is 16.5. The van der Waals surface area contributed by atoms with Crippen LogP contribution in [-0.2, 0) is 9.53 Å². The SMILES string of the molecule is Cc1cc2oc3c(c(=O)c2cc1C)C(c1ccc(OCC(N)=O)cc1)N(CC1CCCO1)C3=O. The van der Waals surface area contributed by atoms with Gasteiger partial charge in [0.2, 0.25) is 5.76 Å². The van der Waals surface area contributed by atoms with E-state index in [9.17, 15) is 14.4 Å². The van der Waals surface area contributed by atoms with Crippen LogP contribution in [0.1, 0.15) is 51.7 Å². The minimum atomic E-state index is -0.612. The van der Waals surface area contributed by atoms with Crippen LogP contribution in [0.3, 0.4) is 0 Å². The zero-order valence-electron chi connectivity index (χ0n) is 19.1. The number of hydrogen-bond acceptors (Lipinski definition) is 6. The summed E-state index contributed by atoms with van der Waals surface area (Å²) in [6.45, 7) is 4.68. The Labute approximate surface area is 196 Å². The third kappa shape index (κ3) is 3.84. The molecule has 2 aromatic carbocycles. The van der Waals surface area contributed by atoms with Crippen molar-refractivity contribution in [2.45, 2.75) is 38.8 Å². The van der Waals surface area contributed by atoms with Gasteiger partial charge >= 0.3 is 0 Å². The molecule has 8 heteroatoms. The molecule has 1 saturated heterocycles. The van der Waals surface area contributed by atoms with Crippen molar-refractivity contribution in [3.63, 3.8) is 0 Å². The molecule has 8 nitrogen and oxygen atoms in total. The molecule has 3 aromatic rings. The number of amides is 2. The lowest BCUT2D eigenvalue weighted by atomic mass is 9.97. The second kappa shape index (κ2) is 8.61. The Balaban J connectivity index is 1.62. The Morgan fingerprint density at radius 1 is 1.15 bits per heavy atom. The molecule has 0 spiro atoms. The quantitative estimate of drug-likeness (QED) is 0.603. The number of rotatable bonds is 6. The van der Waals surface area contributed by atoms with E-state index in [0.29, 0.717) is 35.4 Å². The molecule has 0 aliphatic carbocycles. The topological polar surface area (TPSA) is 112 Å². The maximum absolute atomic E-state index is 13.7. The standard InChI is InChI=1S/C26H26N2O6/c1-14-10-19-20(11-15(14)2)34-25-22(24(19)30)23(28(26(25)31)12-18-4-3-9-32-18)16-5-7-17(8-6-16)33-13-21(27)29/h5-8,10-11,18,23H,3-4,9,12-13H2,1-2H3,(H2,27,29). The van der Waals surface area contributed by atoms with Crippen LogP contribution >= 0.6 is 0 Å². The van der Waals surface area contributed by atoms with Crippen molar-refractivity contribution >= 4 is 22.8 Å². The molecule has 2 N–H and O–H groups in total. The van der Waals surface area contributed by atoms with Crippen molar-refractivity contribution in [3.05, 3.63) is 74.6 Å². The molecule has 2 aliphatic rings. The van der Waals surface area contributed by atoms with Crippen molar-refractivity contribution in [1.29, 1.82) is 0 Å². The van der Waals surface area contributed by atoms with Crippen LogP contribution in [-0.4, -0.2) is 42.6 Å². The van der Waals surface area contributed by atoms with Crippen LogP contribution in [0.4, 0.5) is 0 Å². The predicted molar refractivity (Wildman–Crippen MR) is 125 cm³/mol. The van der Waals surface area contributed by atoms with E-state index in [1.807, 2.05) is 26.0 Å². The lowest BCUT2D eigenvalue weighted by Crippen LogP contribution is -2.36. The molecule has 1 aromatic heterocycles. The fourth-order valence-corrected chi connectivity index (χ4v) is 4.72. The average Bonchev–Trinajstić information content (AvgIpc) is 3.42. The summed E-state index contributed by atoms with van der Waals surface area (Å²) in [6, 6.07) is 9.98. The number of aryl methyl sites for hydroxylation is 2. The lowest BCUT2D eigenvalue weighted by Gasteiger charge is -2.27. The van der Waals surface area contributed by atoms with Crippen LogP contribution in [0.25, 0.3) is 11.0 Å². The normalized spacial score (nSPS) is 19.6. The summed E-state index contributed by atoms with van der Waals surface area (Å²) >= 11 is 0. The zero-order valence-corrected chi connectivity index (χ0v) is 19.1. The summed E-state index contributed by atoms with van der Waals surface area (Å²) < 4.78 is 17.2. The maximum Gasteiger partial charge on any atom is 0.291 e. The fourth-order valence-electron chi connectivity index (χ4n) is 4.72. The van der Waals surface area contributed by atoms with Crippen molar-refractivity contribution in [3.8, 4) is 5.75 Å². The number of carbonyl (C=O) groups is 2. The Bertz CT molecular complexity index is 1340. The van der Waals surface area contributed by atoms with Crippen molar-refractivity contribution in [1.82, 2.24) is 4.90 Å². The largest absolute Gasteiger partial charge is 0.484 e. The van der Waals surface area contributed by atoms with E-state index in [2.05, 4.69) is 0 Å². The van der Waals surface area contributed by atoms with E-state index in [1.54, 1.807) is 29.2 Å². The van der Waals surface area contributed by atoms with Gasteiger partial charge in [-0.2, -0.15) is 0 Å². The highest BCUT2D eigenvalue weighted by Crippen LogP contribution is 2.39. The van der Waals surface area contributed by atoms with Gasteiger partial charge in [-0.15, -0.1) is 0 Å². The van der Waals surface area contributed by atoms with Gasteiger partial charge in [0.1, 0.15) is 11.3 Å². The van der Waals surface area contributed by atoms with Gasteiger partial charge in [0.25, 0.3) is 11.8 Å². The van der Waals surface area contributed by atoms with E-state index in [-0.39, 0.29) is 29.8 Å². The number of primary amides is 1. The van der Waals surface area contributed by atoms with Crippen molar-refractivity contribution < 1.29 is 23.5 Å². The predicted octanol–water partition coefficient (Wildman–Crippen LogP) is 3.00. The highest BCUT2D eigenvalue weighted by molar-refractivity contribution is 5.99. The zero-order chi connectivity index (χ0) is 24.0. The smallest absolute Gasteiger partial charge is 0.291 e. The second-order valence-corrected chi connectivity index (χ2v) is 8.93. The Kier molecular flexibility index (Phi) is 5.61. The molecular formula is C26H26N2O6. The molecule has 2 unspecified atom stereocenters. The summed E-state index contributed by atoms with van der Waals surface area (Å²) in [5.74, 6) is -0.342. The van der Waals surface area contributed by atoms with Crippen LogP contribution in [0.2, 0.25) is 0 Å². The number of ether oxygens (including phenoxy) is 2. The third-order valence-electron chi connectivity index (χ3n) is 6.58. The number of nitrogens with two attached hydrogens (primary N) is 1. The van der Waals surface area contributed by atoms with Crippen LogP contribution in [0.15, 0.2) is 45.6 Å². The third-order valence-corrected chi connectivity index (χ3v) is 6.58. The van der Waals surface area contributed by atoms with E-state index in [4.69, 9.17) is 19.6 Å². The molecule has 2 amide bonds. The average molecular weight is 463 g/mol. The molecule has 176 valence electrons. The first-order valence-electron chi connectivity index (χ1n) is 11.3. The molecule has 3 heterocycles. The monoisotopic (exact) mass is 462 g/mol. The number of carbonyl (C=O) groups excluding carboxylic acids is 2. The molecule has 34 heavy (non-hydrogen) atoms. The molecule has 5 rings (SSSR count). The second-order valence-electron chi connectivity index (χ2n) is 8.93. The van der Waals surface area contributed by atoms with Gasteiger partial charge in [0, 0.05) is 13.2 Å². The van der Waals surface area contributed by atoms with Gasteiger partial charge in [-0.1, -0.05) is 12.1 Å². The molecule has 1 fully saturated rings. The Morgan fingerprint density at radius 2 is 1.88 bits per heavy atom.